The van der Waals surface area contributed by atoms with Crippen LogP contribution in [-0.2, 0) is 22.7 Å². The van der Waals surface area contributed by atoms with Crippen LogP contribution in [0.4, 0.5) is 0 Å². The molecule has 0 atom stereocenters. The molecule has 0 spiro atoms. The number of primary amides is 1. The first kappa shape index (κ1) is 20.2. The van der Waals surface area contributed by atoms with Crippen LogP contribution in [0.25, 0.3) is 11.0 Å². The fraction of sp³-hybridized carbons (Fsp3) is 0.318. The number of rotatable bonds is 6. The van der Waals surface area contributed by atoms with Gasteiger partial charge in [0.15, 0.2) is 0 Å². The summed E-state index contributed by atoms with van der Waals surface area (Å²) in [5.74, 6) is 0.911. The Morgan fingerprint density at radius 3 is 2.50 bits per heavy atom. The molecule has 2 N–H and O–H groups in total. The molecule has 30 heavy (non-hydrogen) atoms. The van der Waals surface area contributed by atoms with Crippen molar-refractivity contribution in [2.75, 3.05) is 13.1 Å². The van der Waals surface area contributed by atoms with Gasteiger partial charge in [-0.3, -0.25) is 9.59 Å². The van der Waals surface area contributed by atoms with E-state index in [2.05, 4.69) is 4.98 Å². The first-order valence-corrected chi connectivity index (χ1v) is 10.3. The van der Waals surface area contributed by atoms with Crippen LogP contribution < -0.4 is 10.5 Å². The number of carbonyl (C=O) groups is 2. The molecule has 2 heterocycles. The van der Waals surface area contributed by atoms with E-state index in [0.717, 1.165) is 11.0 Å². The minimum atomic E-state index is -0.288. The second-order valence-corrected chi connectivity index (χ2v) is 7.84. The van der Waals surface area contributed by atoms with E-state index < -0.39 is 0 Å². The Labute approximate surface area is 179 Å². The Morgan fingerprint density at radius 1 is 1.10 bits per heavy atom. The number of halogens is 1. The van der Waals surface area contributed by atoms with E-state index in [1.165, 1.54) is 0 Å². The molecule has 4 rings (SSSR count). The van der Waals surface area contributed by atoms with Gasteiger partial charge in [0.1, 0.15) is 24.7 Å². The van der Waals surface area contributed by atoms with E-state index in [9.17, 15) is 9.59 Å². The number of likely N-dealkylation sites (tertiary alicyclic amines) is 1. The van der Waals surface area contributed by atoms with E-state index >= 15 is 0 Å². The summed E-state index contributed by atoms with van der Waals surface area (Å²) in [4.78, 5) is 30.8. The van der Waals surface area contributed by atoms with E-state index in [0.29, 0.717) is 42.5 Å². The molecule has 156 valence electrons. The van der Waals surface area contributed by atoms with Crippen LogP contribution in [-0.4, -0.2) is 39.4 Å². The summed E-state index contributed by atoms with van der Waals surface area (Å²) in [6.45, 7) is 1.47. The normalized spacial score (nSPS) is 14.8. The molecule has 7 nitrogen and oxygen atoms in total. The molecule has 1 fully saturated rings. The predicted octanol–water partition coefficient (Wildman–Crippen LogP) is 2.99. The Morgan fingerprint density at radius 2 is 1.80 bits per heavy atom. The third-order valence-electron chi connectivity index (χ3n) is 5.46. The molecule has 2 aromatic carbocycles. The zero-order valence-electron chi connectivity index (χ0n) is 16.5. The predicted molar refractivity (Wildman–Crippen MR) is 114 cm³/mol. The number of nitrogens with two attached hydrogens (primary N) is 1. The fourth-order valence-electron chi connectivity index (χ4n) is 3.74. The van der Waals surface area contributed by atoms with Gasteiger partial charge in [0.2, 0.25) is 11.8 Å². The van der Waals surface area contributed by atoms with Gasteiger partial charge in [0.05, 0.1) is 11.0 Å². The third-order valence-corrected chi connectivity index (χ3v) is 5.71. The van der Waals surface area contributed by atoms with Gasteiger partial charge in [-0.2, -0.15) is 0 Å². The van der Waals surface area contributed by atoms with Crippen molar-refractivity contribution in [3.05, 3.63) is 59.4 Å². The number of hydrogen-bond donors (Lipinski definition) is 1. The molecule has 0 radical (unpaired) electrons. The van der Waals surface area contributed by atoms with Gasteiger partial charge in [0, 0.05) is 24.0 Å². The van der Waals surface area contributed by atoms with Crippen molar-refractivity contribution < 1.29 is 14.3 Å². The van der Waals surface area contributed by atoms with Gasteiger partial charge in [-0.25, -0.2) is 4.98 Å². The van der Waals surface area contributed by atoms with Crippen LogP contribution in [0, 0.1) is 5.92 Å². The molecule has 2 amide bonds. The number of carbonyl (C=O) groups excluding carboxylic acids is 2. The summed E-state index contributed by atoms with van der Waals surface area (Å²) < 4.78 is 7.76. The van der Waals surface area contributed by atoms with Gasteiger partial charge < -0.3 is 19.9 Å². The second-order valence-electron chi connectivity index (χ2n) is 7.40. The number of imidazole rings is 1. The van der Waals surface area contributed by atoms with Crippen LogP contribution in [0.2, 0.25) is 5.02 Å². The topological polar surface area (TPSA) is 90.5 Å². The average molecular weight is 427 g/mol. The zero-order chi connectivity index (χ0) is 21.1. The number of amides is 2. The lowest BCUT2D eigenvalue weighted by Crippen LogP contribution is -2.43. The number of piperidine rings is 1. The number of aromatic nitrogens is 2. The average Bonchev–Trinajstić information content (AvgIpc) is 3.11. The van der Waals surface area contributed by atoms with Crippen LogP contribution in [0.1, 0.15) is 18.7 Å². The van der Waals surface area contributed by atoms with Crippen molar-refractivity contribution in [2.24, 2.45) is 11.7 Å². The number of ether oxygens (including phenoxy) is 1. The standard InChI is InChI=1S/C22H23ClN4O3/c23-16-5-7-17(8-6-16)30-14-20-25-18-3-1-2-4-19(18)27(20)13-21(28)26-11-9-15(10-12-26)22(24)29/h1-8,15H,9-14H2,(H2,24,29). The van der Waals surface area contributed by atoms with Crippen LogP contribution in [0.5, 0.6) is 5.75 Å². The van der Waals surface area contributed by atoms with Gasteiger partial charge in [0.25, 0.3) is 0 Å². The van der Waals surface area contributed by atoms with Crippen LogP contribution >= 0.6 is 11.6 Å². The largest absolute Gasteiger partial charge is 0.486 e. The van der Waals surface area contributed by atoms with E-state index in [-0.39, 0.29) is 30.9 Å². The molecular formula is C22H23ClN4O3. The quantitative estimate of drug-likeness (QED) is 0.656. The number of nitrogens with zero attached hydrogens (tertiary/aromatic N) is 3. The lowest BCUT2D eigenvalue weighted by Gasteiger charge is -2.30. The molecule has 0 unspecified atom stereocenters. The van der Waals surface area contributed by atoms with Crippen molar-refractivity contribution in [1.82, 2.24) is 14.5 Å². The summed E-state index contributed by atoms with van der Waals surface area (Å²) >= 11 is 5.93. The smallest absolute Gasteiger partial charge is 0.242 e. The monoisotopic (exact) mass is 426 g/mol. The SMILES string of the molecule is NC(=O)C1CCN(C(=O)Cn2c(COc3ccc(Cl)cc3)nc3ccccc32)CC1. The summed E-state index contributed by atoms with van der Waals surface area (Å²) in [6, 6.07) is 14.8. The highest BCUT2D eigenvalue weighted by molar-refractivity contribution is 6.30. The Bertz CT molecular complexity index is 1060. The molecular weight excluding hydrogens is 404 g/mol. The number of hydrogen-bond acceptors (Lipinski definition) is 4. The maximum atomic E-state index is 13.0. The summed E-state index contributed by atoms with van der Waals surface area (Å²) in [5, 5.41) is 0.639. The summed E-state index contributed by atoms with van der Waals surface area (Å²) in [7, 11) is 0. The molecule has 0 saturated carbocycles. The van der Waals surface area contributed by atoms with Crippen molar-refractivity contribution in [3.63, 3.8) is 0 Å². The molecule has 1 saturated heterocycles. The molecule has 3 aromatic rings. The van der Waals surface area contributed by atoms with Crippen molar-refractivity contribution in [1.29, 1.82) is 0 Å². The molecule has 1 aliphatic rings. The zero-order valence-corrected chi connectivity index (χ0v) is 17.2. The minimum absolute atomic E-state index is 0.00573. The molecule has 0 aliphatic carbocycles. The number of fused-ring (bicyclic) bond motifs is 1. The van der Waals surface area contributed by atoms with Crippen LogP contribution in [0.15, 0.2) is 48.5 Å². The van der Waals surface area contributed by atoms with Gasteiger partial charge in [-0.1, -0.05) is 23.7 Å². The Hall–Kier alpha value is -3.06. The number of benzene rings is 2. The highest BCUT2D eigenvalue weighted by Crippen LogP contribution is 2.21. The van der Waals surface area contributed by atoms with Gasteiger partial charge >= 0.3 is 0 Å². The van der Waals surface area contributed by atoms with Crippen LogP contribution in [0.3, 0.4) is 0 Å². The van der Waals surface area contributed by atoms with Crippen molar-refractivity contribution >= 4 is 34.4 Å². The van der Waals surface area contributed by atoms with E-state index in [1.54, 1.807) is 29.2 Å². The highest BCUT2D eigenvalue weighted by atomic mass is 35.5. The molecule has 8 heteroatoms. The first-order chi connectivity index (χ1) is 14.5. The fourth-order valence-corrected chi connectivity index (χ4v) is 3.87. The summed E-state index contributed by atoms with van der Waals surface area (Å²) in [6.07, 6.45) is 1.22. The van der Waals surface area contributed by atoms with E-state index in [1.807, 2.05) is 28.8 Å². The maximum Gasteiger partial charge on any atom is 0.242 e. The van der Waals surface area contributed by atoms with Crippen molar-refractivity contribution in [2.45, 2.75) is 26.0 Å². The maximum absolute atomic E-state index is 13.0. The molecule has 1 aliphatic heterocycles. The van der Waals surface area contributed by atoms with Gasteiger partial charge in [-0.05, 0) is 49.2 Å². The first-order valence-electron chi connectivity index (χ1n) is 9.91. The van der Waals surface area contributed by atoms with E-state index in [4.69, 9.17) is 22.1 Å². The summed E-state index contributed by atoms with van der Waals surface area (Å²) in [5.41, 5.74) is 7.09. The lowest BCUT2D eigenvalue weighted by molar-refractivity contribution is -0.135. The molecule has 1 aromatic heterocycles. The highest BCUT2D eigenvalue weighted by Gasteiger charge is 2.26. The van der Waals surface area contributed by atoms with Crippen molar-refractivity contribution in [3.8, 4) is 5.75 Å². The minimum Gasteiger partial charge on any atom is -0.486 e. The number of para-hydroxylation sites is 2. The third kappa shape index (κ3) is 4.41. The lowest BCUT2D eigenvalue weighted by atomic mass is 9.96. The van der Waals surface area contributed by atoms with Gasteiger partial charge in [-0.15, -0.1) is 0 Å². The second kappa shape index (κ2) is 8.75. The Balaban J connectivity index is 1.51. The Kier molecular flexibility index (Phi) is 5.90. The molecule has 0 bridgehead atoms.